The van der Waals surface area contributed by atoms with Crippen molar-refractivity contribution in [1.82, 2.24) is 14.8 Å². The summed E-state index contributed by atoms with van der Waals surface area (Å²) < 4.78 is 1.56. The van der Waals surface area contributed by atoms with E-state index in [1.165, 1.54) is 6.33 Å². The molecule has 0 atom stereocenters. The van der Waals surface area contributed by atoms with E-state index < -0.39 is 0 Å². The van der Waals surface area contributed by atoms with Crippen molar-refractivity contribution in [2.75, 3.05) is 0 Å². The van der Waals surface area contributed by atoms with Gasteiger partial charge < -0.3 is 10.9 Å². The summed E-state index contributed by atoms with van der Waals surface area (Å²) in [6, 6.07) is 5.05. The van der Waals surface area contributed by atoms with Crippen LogP contribution in [0.1, 0.15) is 5.56 Å². The first-order chi connectivity index (χ1) is 7.72. The predicted molar refractivity (Wildman–Crippen MR) is 58.9 cm³/mol. The van der Waals surface area contributed by atoms with Gasteiger partial charge in [0.05, 0.1) is 10.7 Å². The first-order valence-corrected chi connectivity index (χ1v) is 4.72. The van der Waals surface area contributed by atoms with E-state index in [0.717, 1.165) is 5.69 Å². The molecule has 2 aromatic rings. The van der Waals surface area contributed by atoms with Crippen molar-refractivity contribution in [3.63, 3.8) is 0 Å². The van der Waals surface area contributed by atoms with Gasteiger partial charge >= 0.3 is 0 Å². The van der Waals surface area contributed by atoms with Crippen LogP contribution in [0.15, 0.2) is 36.0 Å². The number of nitrogens with two attached hydrogens (primary N) is 1. The molecule has 0 bridgehead atoms. The highest BCUT2D eigenvalue weighted by molar-refractivity contribution is 6.34. The van der Waals surface area contributed by atoms with E-state index in [-0.39, 0.29) is 5.84 Å². The van der Waals surface area contributed by atoms with Crippen molar-refractivity contribution in [2.24, 2.45) is 10.9 Å². The van der Waals surface area contributed by atoms with Crippen molar-refractivity contribution < 1.29 is 5.21 Å². The molecule has 0 saturated carbocycles. The molecule has 1 heterocycles. The lowest BCUT2D eigenvalue weighted by Gasteiger charge is -2.05. The summed E-state index contributed by atoms with van der Waals surface area (Å²) >= 11 is 5.99. The molecule has 0 fully saturated rings. The number of hydrogen-bond acceptors (Lipinski definition) is 4. The van der Waals surface area contributed by atoms with Crippen LogP contribution >= 0.6 is 11.6 Å². The average Bonchev–Trinajstić information content (AvgIpc) is 2.81. The largest absolute Gasteiger partial charge is 0.409 e. The minimum atomic E-state index is -0.0323. The van der Waals surface area contributed by atoms with Crippen molar-refractivity contribution >= 4 is 17.4 Å². The Morgan fingerprint density at radius 2 is 2.31 bits per heavy atom. The van der Waals surface area contributed by atoms with Gasteiger partial charge in [0.15, 0.2) is 5.84 Å². The Morgan fingerprint density at radius 3 is 2.88 bits per heavy atom. The molecule has 7 heteroatoms. The van der Waals surface area contributed by atoms with Crippen molar-refractivity contribution in [3.05, 3.63) is 41.4 Å². The Balaban J connectivity index is 2.45. The Hall–Kier alpha value is -2.08. The Labute approximate surface area is 96.0 Å². The maximum atomic E-state index is 8.54. The summed E-state index contributed by atoms with van der Waals surface area (Å²) in [5.74, 6) is -0.0323. The molecule has 2 rings (SSSR count). The minimum absolute atomic E-state index is 0.0323. The summed E-state index contributed by atoms with van der Waals surface area (Å²) in [6.45, 7) is 0. The van der Waals surface area contributed by atoms with Gasteiger partial charge in [-0.1, -0.05) is 16.8 Å². The Bertz CT molecular complexity index is 523. The van der Waals surface area contributed by atoms with Gasteiger partial charge in [-0.25, -0.2) is 9.67 Å². The molecule has 0 saturated heterocycles. The van der Waals surface area contributed by atoms with E-state index in [0.29, 0.717) is 10.6 Å². The van der Waals surface area contributed by atoms with Gasteiger partial charge in [0, 0.05) is 5.56 Å². The fraction of sp³-hybridized carbons (Fsp3) is 0. The van der Waals surface area contributed by atoms with Crippen molar-refractivity contribution in [3.8, 4) is 5.69 Å². The molecule has 3 N–H and O–H groups in total. The monoisotopic (exact) mass is 237 g/mol. The van der Waals surface area contributed by atoms with Crippen LogP contribution in [0, 0.1) is 0 Å². The highest BCUT2D eigenvalue weighted by Gasteiger charge is 2.07. The lowest BCUT2D eigenvalue weighted by molar-refractivity contribution is 0.318. The van der Waals surface area contributed by atoms with E-state index >= 15 is 0 Å². The standard InChI is InChI=1S/C9H8ClN5O/c10-8-3-6(15-5-12-4-13-15)1-2-7(8)9(11)14-16/h1-5,16H,(H2,11,14). The lowest BCUT2D eigenvalue weighted by Crippen LogP contribution is -2.13. The van der Waals surface area contributed by atoms with E-state index in [2.05, 4.69) is 15.2 Å². The van der Waals surface area contributed by atoms with Crippen LogP contribution in [0.25, 0.3) is 5.69 Å². The van der Waals surface area contributed by atoms with E-state index in [1.807, 2.05) is 0 Å². The molecule has 0 radical (unpaired) electrons. The molecule has 6 nitrogen and oxygen atoms in total. The maximum absolute atomic E-state index is 8.54. The summed E-state index contributed by atoms with van der Waals surface area (Å²) in [7, 11) is 0. The highest BCUT2D eigenvalue weighted by atomic mass is 35.5. The van der Waals surface area contributed by atoms with E-state index in [1.54, 1.807) is 29.2 Å². The second-order valence-electron chi connectivity index (χ2n) is 2.99. The molecule has 0 aliphatic rings. The van der Waals surface area contributed by atoms with Crippen LogP contribution in [0.5, 0.6) is 0 Å². The summed E-state index contributed by atoms with van der Waals surface area (Å²) in [6.07, 6.45) is 2.97. The Kier molecular flexibility index (Phi) is 2.74. The molecule has 0 unspecified atom stereocenters. The number of hydrogen-bond donors (Lipinski definition) is 2. The van der Waals surface area contributed by atoms with E-state index in [4.69, 9.17) is 22.5 Å². The third-order valence-corrected chi connectivity index (χ3v) is 2.33. The summed E-state index contributed by atoms with van der Waals surface area (Å²) in [4.78, 5) is 3.82. The smallest absolute Gasteiger partial charge is 0.171 e. The summed E-state index contributed by atoms with van der Waals surface area (Å²) in [5, 5.41) is 15.8. The van der Waals surface area contributed by atoms with E-state index in [9.17, 15) is 0 Å². The minimum Gasteiger partial charge on any atom is -0.409 e. The average molecular weight is 238 g/mol. The van der Waals surface area contributed by atoms with Gasteiger partial charge in [0.2, 0.25) is 0 Å². The first-order valence-electron chi connectivity index (χ1n) is 4.35. The number of amidine groups is 1. The SMILES string of the molecule is NC(=NO)c1ccc(-n2cncn2)cc1Cl. The highest BCUT2D eigenvalue weighted by Crippen LogP contribution is 2.19. The zero-order valence-corrected chi connectivity index (χ0v) is 8.83. The van der Waals surface area contributed by atoms with Gasteiger partial charge in [0.1, 0.15) is 12.7 Å². The molecular weight excluding hydrogens is 230 g/mol. The summed E-state index contributed by atoms with van der Waals surface area (Å²) in [5.41, 5.74) is 6.66. The maximum Gasteiger partial charge on any atom is 0.171 e. The molecule has 1 aromatic heterocycles. The lowest BCUT2D eigenvalue weighted by atomic mass is 10.2. The van der Waals surface area contributed by atoms with Crippen molar-refractivity contribution in [2.45, 2.75) is 0 Å². The van der Waals surface area contributed by atoms with Crippen LogP contribution in [-0.2, 0) is 0 Å². The van der Waals surface area contributed by atoms with Crippen LogP contribution in [0.2, 0.25) is 5.02 Å². The van der Waals surface area contributed by atoms with Crippen molar-refractivity contribution in [1.29, 1.82) is 0 Å². The number of aromatic nitrogens is 3. The number of halogens is 1. The zero-order valence-electron chi connectivity index (χ0n) is 8.08. The predicted octanol–water partition coefficient (Wildman–Crippen LogP) is 1.02. The molecule has 82 valence electrons. The number of nitrogens with zero attached hydrogens (tertiary/aromatic N) is 4. The number of benzene rings is 1. The number of oxime groups is 1. The van der Waals surface area contributed by atoms with Crippen LogP contribution in [-0.4, -0.2) is 25.8 Å². The van der Waals surface area contributed by atoms with Crippen LogP contribution < -0.4 is 5.73 Å². The molecule has 0 aliphatic carbocycles. The fourth-order valence-electron chi connectivity index (χ4n) is 1.25. The Morgan fingerprint density at radius 1 is 1.50 bits per heavy atom. The third-order valence-electron chi connectivity index (χ3n) is 2.02. The molecular formula is C9H8ClN5O. The molecule has 0 spiro atoms. The van der Waals surface area contributed by atoms with Gasteiger partial charge in [-0.3, -0.25) is 0 Å². The fourth-order valence-corrected chi connectivity index (χ4v) is 1.52. The molecule has 0 aliphatic heterocycles. The molecule has 1 aromatic carbocycles. The van der Waals surface area contributed by atoms with Gasteiger partial charge in [-0.05, 0) is 18.2 Å². The zero-order chi connectivity index (χ0) is 11.5. The normalized spacial score (nSPS) is 11.7. The first kappa shape index (κ1) is 10.4. The number of rotatable bonds is 2. The molecule has 16 heavy (non-hydrogen) atoms. The second kappa shape index (κ2) is 4.19. The van der Waals surface area contributed by atoms with Gasteiger partial charge in [-0.15, -0.1) is 0 Å². The van der Waals surface area contributed by atoms with Crippen LogP contribution in [0.4, 0.5) is 0 Å². The topological polar surface area (TPSA) is 89.3 Å². The molecule has 0 amide bonds. The quantitative estimate of drug-likeness (QED) is 0.353. The van der Waals surface area contributed by atoms with Crippen LogP contribution in [0.3, 0.4) is 0 Å². The van der Waals surface area contributed by atoms with Gasteiger partial charge in [0.25, 0.3) is 0 Å². The third kappa shape index (κ3) is 1.82. The second-order valence-corrected chi connectivity index (χ2v) is 3.40. The van der Waals surface area contributed by atoms with Gasteiger partial charge in [-0.2, -0.15) is 5.10 Å².